The highest BCUT2D eigenvalue weighted by atomic mass is 35.5. The Bertz CT molecular complexity index is 469. The molecule has 0 heterocycles. The Morgan fingerprint density at radius 1 is 1.50 bits per heavy atom. The van der Waals surface area contributed by atoms with E-state index in [2.05, 4.69) is 19.2 Å². The van der Waals surface area contributed by atoms with E-state index < -0.39 is 5.97 Å². The highest BCUT2D eigenvalue weighted by molar-refractivity contribution is 6.33. The molecule has 3 nitrogen and oxygen atoms in total. The van der Waals surface area contributed by atoms with Gasteiger partial charge in [-0.15, -0.1) is 0 Å². The van der Waals surface area contributed by atoms with Crippen LogP contribution in [0.5, 0.6) is 0 Å². The van der Waals surface area contributed by atoms with Crippen LogP contribution in [-0.4, -0.2) is 19.1 Å². The summed E-state index contributed by atoms with van der Waals surface area (Å²) in [7, 11) is 1.35. The molecule has 1 fully saturated rings. The summed E-state index contributed by atoms with van der Waals surface area (Å²) in [5.74, 6) is -0.408. The second-order valence-corrected chi connectivity index (χ2v) is 5.61. The van der Waals surface area contributed by atoms with Gasteiger partial charge in [-0.3, -0.25) is 0 Å². The fraction of sp³-hybridized carbons (Fsp3) is 0.500. The maximum atomic E-state index is 11.5. The third kappa shape index (κ3) is 2.61. The monoisotopic (exact) mass is 267 g/mol. The van der Waals surface area contributed by atoms with Gasteiger partial charge >= 0.3 is 5.97 Å². The molecule has 4 heteroatoms. The number of rotatable bonds is 4. The van der Waals surface area contributed by atoms with Crippen molar-refractivity contribution in [1.29, 1.82) is 0 Å². The summed E-state index contributed by atoms with van der Waals surface area (Å²) in [5, 5.41) is 3.84. The van der Waals surface area contributed by atoms with Gasteiger partial charge in [0.25, 0.3) is 0 Å². The lowest BCUT2D eigenvalue weighted by atomic mass is 10.0. The molecule has 1 unspecified atom stereocenters. The van der Waals surface area contributed by atoms with E-state index in [1.54, 1.807) is 12.1 Å². The van der Waals surface area contributed by atoms with Gasteiger partial charge < -0.3 is 10.1 Å². The Morgan fingerprint density at radius 3 is 2.72 bits per heavy atom. The van der Waals surface area contributed by atoms with E-state index >= 15 is 0 Å². The van der Waals surface area contributed by atoms with Crippen LogP contribution in [0.3, 0.4) is 0 Å². The number of methoxy groups -OCH3 is 1. The first-order valence-electron chi connectivity index (χ1n) is 6.11. The summed E-state index contributed by atoms with van der Waals surface area (Å²) in [4.78, 5) is 11.5. The van der Waals surface area contributed by atoms with Crippen molar-refractivity contribution in [2.45, 2.75) is 32.7 Å². The summed E-state index contributed by atoms with van der Waals surface area (Å²) in [6.07, 6.45) is 2.50. The molecule has 2 rings (SSSR count). The topological polar surface area (TPSA) is 38.3 Å². The zero-order valence-corrected chi connectivity index (χ0v) is 11.7. The van der Waals surface area contributed by atoms with Gasteiger partial charge in [0, 0.05) is 11.7 Å². The Hall–Kier alpha value is -1.22. The molecule has 1 N–H and O–H groups in total. The number of ether oxygens (including phenoxy) is 1. The predicted octanol–water partition coefficient (Wildman–Crippen LogP) is 3.73. The molecule has 0 amide bonds. The molecular weight excluding hydrogens is 250 g/mol. The van der Waals surface area contributed by atoms with Crippen LogP contribution >= 0.6 is 11.6 Å². The van der Waals surface area contributed by atoms with Crippen LogP contribution in [0.15, 0.2) is 18.2 Å². The molecule has 0 aromatic heterocycles. The highest BCUT2D eigenvalue weighted by Gasteiger charge is 2.42. The van der Waals surface area contributed by atoms with E-state index in [1.807, 2.05) is 6.07 Å². The largest absolute Gasteiger partial charge is 0.465 e. The first-order chi connectivity index (χ1) is 8.46. The van der Waals surface area contributed by atoms with Crippen LogP contribution < -0.4 is 5.32 Å². The average Bonchev–Trinajstić information content (AvgIpc) is 3.10. The van der Waals surface area contributed by atoms with E-state index in [0.29, 0.717) is 22.0 Å². The van der Waals surface area contributed by atoms with Crippen LogP contribution in [0.1, 0.15) is 37.0 Å². The van der Waals surface area contributed by atoms with Crippen LogP contribution in [-0.2, 0) is 4.74 Å². The zero-order valence-electron chi connectivity index (χ0n) is 10.9. The number of benzene rings is 1. The number of carbonyl (C=O) groups excluding carboxylic acids is 1. The maximum absolute atomic E-state index is 11.5. The third-order valence-corrected chi connectivity index (χ3v) is 4.17. The first-order valence-corrected chi connectivity index (χ1v) is 6.48. The van der Waals surface area contributed by atoms with Crippen LogP contribution in [0.4, 0.5) is 5.69 Å². The van der Waals surface area contributed by atoms with Gasteiger partial charge in [0.05, 0.1) is 17.7 Å². The van der Waals surface area contributed by atoms with Crippen LogP contribution in [0.25, 0.3) is 0 Å². The quantitative estimate of drug-likeness (QED) is 0.845. The predicted molar refractivity (Wildman–Crippen MR) is 73.2 cm³/mol. The van der Waals surface area contributed by atoms with Gasteiger partial charge in [0.2, 0.25) is 0 Å². The van der Waals surface area contributed by atoms with Crippen molar-refractivity contribution in [3.05, 3.63) is 28.8 Å². The molecule has 0 spiro atoms. The van der Waals surface area contributed by atoms with Crippen molar-refractivity contribution in [3.63, 3.8) is 0 Å². The second-order valence-electron chi connectivity index (χ2n) is 5.21. The van der Waals surface area contributed by atoms with Crippen molar-refractivity contribution in [1.82, 2.24) is 0 Å². The molecule has 1 aromatic carbocycles. The molecule has 0 radical (unpaired) electrons. The van der Waals surface area contributed by atoms with Crippen molar-refractivity contribution < 1.29 is 9.53 Å². The van der Waals surface area contributed by atoms with Crippen molar-refractivity contribution in [2.75, 3.05) is 12.4 Å². The van der Waals surface area contributed by atoms with Gasteiger partial charge in [0.15, 0.2) is 0 Å². The lowest BCUT2D eigenvalue weighted by Gasteiger charge is -2.22. The molecule has 1 aromatic rings. The molecule has 1 atom stereocenters. The van der Waals surface area contributed by atoms with Gasteiger partial charge in [-0.05, 0) is 43.4 Å². The van der Waals surface area contributed by atoms with Crippen LogP contribution in [0, 0.1) is 5.41 Å². The molecule has 1 aliphatic rings. The summed E-state index contributed by atoms with van der Waals surface area (Å²) in [5.41, 5.74) is 1.68. The fourth-order valence-electron chi connectivity index (χ4n) is 1.94. The molecule has 1 aliphatic carbocycles. The summed E-state index contributed by atoms with van der Waals surface area (Å²) < 4.78 is 4.71. The molecule has 0 bridgehead atoms. The van der Waals surface area contributed by atoms with E-state index in [1.165, 1.54) is 20.0 Å². The standard InChI is InChI=1S/C14H18ClNO2/c1-9(14(2)6-7-14)16-10-4-5-12(15)11(8-10)13(17)18-3/h4-5,8-9,16H,6-7H2,1-3H3. The van der Waals surface area contributed by atoms with Crippen molar-refractivity contribution in [2.24, 2.45) is 5.41 Å². The number of carbonyl (C=O) groups is 1. The van der Waals surface area contributed by atoms with E-state index in [-0.39, 0.29) is 0 Å². The Morgan fingerprint density at radius 2 is 2.17 bits per heavy atom. The molecule has 0 saturated heterocycles. The minimum absolute atomic E-state index is 0.379. The normalized spacial score (nSPS) is 18.0. The number of nitrogens with one attached hydrogen (secondary N) is 1. The number of hydrogen-bond donors (Lipinski definition) is 1. The smallest absolute Gasteiger partial charge is 0.339 e. The lowest BCUT2D eigenvalue weighted by Crippen LogP contribution is -2.25. The molecule has 18 heavy (non-hydrogen) atoms. The SMILES string of the molecule is COC(=O)c1cc(NC(C)C2(C)CC2)ccc1Cl. The van der Waals surface area contributed by atoms with Gasteiger partial charge in [-0.25, -0.2) is 4.79 Å². The fourth-order valence-corrected chi connectivity index (χ4v) is 2.13. The Labute approximate surface area is 112 Å². The summed E-state index contributed by atoms with van der Waals surface area (Å²) >= 11 is 5.98. The van der Waals surface area contributed by atoms with Gasteiger partial charge in [-0.1, -0.05) is 18.5 Å². The van der Waals surface area contributed by atoms with Gasteiger partial charge in [0.1, 0.15) is 0 Å². The Balaban J connectivity index is 2.16. The number of halogens is 1. The molecule has 1 saturated carbocycles. The summed E-state index contributed by atoms with van der Waals surface area (Å²) in [6.45, 7) is 4.43. The highest BCUT2D eigenvalue weighted by Crippen LogP contribution is 2.48. The van der Waals surface area contributed by atoms with Crippen LogP contribution in [0.2, 0.25) is 5.02 Å². The number of anilines is 1. The van der Waals surface area contributed by atoms with Crippen molar-refractivity contribution >= 4 is 23.3 Å². The zero-order chi connectivity index (χ0) is 13.3. The van der Waals surface area contributed by atoms with Gasteiger partial charge in [-0.2, -0.15) is 0 Å². The van der Waals surface area contributed by atoms with Crippen molar-refractivity contribution in [3.8, 4) is 0 Å². The maximum Gasteiger partial charge on any atom is 0.339 e. The van der Waals surface area contributed by atoms with E-state index in [4.69, 9.17) is 16.3 Å². The first kappa shape index (κ1) is 13.2. The molecule has 98 valence electrons. The molecule has 0 aliphatic heterocycles. The van der Waals surface area contributed by atoms with E-state index in [0.717, 1.165) is 5.69 Å². The minimum atomic E-state index is -0.408. The number of esters is 1. The number of hydrogen-bond acceptors (Lipinski definition) is 3. The molecular formula is C14H18ClNO2. The summed E-state index contributed by atoms with van der Waals surface area (Å²) in [6, 6.07) is 5.73. The third-order valence-electron chi connectivity index (χ3n) is 3.84. The average molecular weight is 268 g/mol. The Kier molecular flexibility index (Phi) is 3.53. The lowest BCUT2D eigenvalue weighted by molar-refractivity contribution is 0.0601. The second kappa shape index (κ2) is 4.81. The van der Waals surface area contributed by atoms with E-state index in [9.17, 15) is 4.79 Å². The minimum Gasteiger partial charge on any atom is -0.465 e.